The van der Waals surface area contributed by atoms with Gasteiger partial charge in [0.2, 0.25) is 0 Å². The van der Waals surface area contributed by atoms with E-state index in [0.29, 0.717) is 30.9 Å². The van der Waals surface area contributed by atoms with E-state index >= 15 is 0 Å². The van der Waals surface area contributed by atoms with Gasteiger partial charge in [0.1, 0.15) is 23.9 Å². The molecule has 1 N–H and O–H groups in total. The Labute approximate surface area is 199 Å². The van der Waals surface area contributed by atoms with E-state index in [1.165, 1.54) is 29.2 Å². The van der Waals surface area contributed by atoms with Crippen LogP contribution in [0.2, 0.25) is 0 Å². The second kappa shape index (κ2) is 11.6. The van der Waals surface area contributed by atoms with Crippen molar-refractivity contribution in [3.63, 3.8) is 0 Å². The van der Waals surface area contributed by atoms with E-state index in [2.05, 4.69) is 25.3 Å². The van der Waals surface area contributed by atoms with Gasteiger partial charge >= 0.3 is 0 Å². The number of aliphatic hydroxyl groups is 1. The van der Waals surface area contributed by atoms with Crippen molar-refractivity contribution in [2.75, 3.05) is 32.8 Å². The minimum Gasteiger partial charge on any atom is -0.507 e. The molecule has 180 valence electrons. The van der Waals surface area contributed by atoms with Crippen LogP contribution in [-0.2, 0) is 9.59 Å². The number of ether oxygens (including phenoxy) is 1. The lowest BCUT2D eigenvalue weighted by Crippen LogP contribution is -2.33. The lowest BCUT2D eigenvalue weighted by Gasteiger charge is -2.27. The number of Topliss-reactive ketones (excluding diaryl/α,β-unsaturated/α-hetero) is 1. The van der Waals surface area contributed by atoms with Crippen LogP contribution in [0.4, 0.5) is 4.39 Å². The van der Waals surface area contributed by atoms with Crippen molar-refractivity contribution in [3.05, 3.63) is 83.7 Å². The number of hydrogen-bond donors (Lipinski definition) is 1. The van der Waals surface area contributed by atoms with Gasteiger partial charge in [-0.1, -0.05) is 38.6 Å². The molecule has 0 spiro atoms. The van der Waals surface area contributed by atoms with E-state index in [9.17, 15) is 19.1 Å². The third kappa shape index (κ3) is 5.54. The maximum Gasteiger partial charge on any atom is 0.295 e. The van der Waals surface area contributed by atoms with Crippen LogP contribution in [0.25, 0.3) is 5.76 Å². The van der Waals surface area contributed by atoms with Crippen molar-refractivity contribution in [1.29, 1.82) is 0 Å². The molecule has 0 saturated carbocycles. The highest BCUT2D eigenvalue weighted by Crippen LogP contribution is 2.40. The molecule has 1 amide bonds. The molecule has 1 saturated heterocycles. The lowest BCUT2D eigenvalue weighted by atomic mass is 9.95. The number of carbonyl (C=O) groups is 2. The van der Waals surface area contributed by atoms with Crippen LogP contribution in [0.5, 0.6) is 5.75 Å². The number of aliphatic hydroxyl groups excluding tert-OH is 1. The van der Waals surface area contributed by atoms with Crippen LogP contribution in [0.3, 0.4) is 0 Å². The molecule has 1 unspecified atom stereocenters. The summed E-state index contributed by atoms with van der Waals surface area (Å²) in [6, 6.07) is 11.5. The Bertz CT molecular complexity index is 1060. The fourth-order valence-corrected chi connectivity index (χ4v) is 4.15. The predicted octanol–water partition coefficient (Wildman–Crippen LogP) is 4.54. The first-order chi connectivity index (χ1) is 16.4. The molecule has 7 heteroatoms. The molecule has 1 heterocycles. The number of halogens is 1. The molecule has 1 fully saturated rings. The van der Waals surface area contributed by atoms with Gasteiger partial charge in [-0.2, -0.15) is 0 Å². The minimum atomic E-state index is -0.783. The van der Waals surface area contributed by atoms with Crippen LogP contribution in [0, 0.1) is 5.82 Å². The molecule has 0 aliphatic carbocycles. The fourth-order valence-electron chi connectivity index (χ4n) is 4.15. The number of hydrogen-bond acceptors (Lipinski definition) is 5. The molecule has 6 nitrogen and oxygen atoms in total. The topological polar surface area (TPSA) is 70.1 Å². The largest absolute Gasteiger partial charge is 0.507 e. The van der Waals surface area contributed by atoms with Crippen molar-refractivity contribution in [2.45, 2.75) is 26.3 Å². The third-order valence-corrected chi connectivity index (χ3v) is 5.97. The molecule has 0 aromatic heterocycles. The minimum absolute atomic E-state index is 0.0136. The molecule has 2 aromatic rings. The highest BCUT2D eigenvalue weighted by molar-refractivity contribution is 6.46. The quantitative estimate of drug-likeness (QED) is 0.228. The number of benzene rings is 2. The maximum absolute atomic E-state index is 13.4. The zero-order valence-corrected chi connectivity index (χ0v) is 19.7. The number of amides is 1. The average Bonchev–Trinajstić information content (AvgIpc) is 3.10. The Hall–Kier alpha value is -3.45. The van der Waals surface area contributed by atoms with Gasteiger partial charge in [-0.25, -0.2) is 4.39 Å². The van der Waals surface area contributed by atoms with Crippen LogP contribution in [-0.4, -0.2) is 59.4 Å². The predicted molar refractivity (Wildman–Crippen MR) is 130 cm³/mol. The van der Waals surface area contributed by atoms with Crippen molar-refractivity contribution < 1.29 is 23.8 Å². The van der Waals surface area contributed by atoms with Gasteiger partial charge < -0.3 is 19.6 Å². The summed E-state index contributed by atoms with van der Waals surface area (Å²) in [5, 5.41) is 11.1. The Morgan fingerprint density at radius 2 is 1.88 bits per heavy atom. The zero-order valence-electron chi connectivity index (χ0n) is 19.7. The Kier molecular flexibility index (Phi) is 8.60. The summed E-state index contributed by atoms with van der Waals surface area (Å²) in [5.41, 5.74) is 0.902. The molecule has 1 aliphatic heterocycles. The molecular formula is C27H31FN2O4. The summed E-state index contributed by atoms with van der Waals surface area (Å²) >= 11 is 0. The number of ketones is 1. The number of rotatable bonds is 11. The smallest absolute Gasteiger partial charge is 0.295 e. The normalized spacial score (nSPS) is 17.4. The van der Waals surface area contributed by atoms with Crippen LogP contribution >= 0.6 is 0 Å². The van der Waals surface area contributed by atoms with Gasteiger partial charge in [0.25, 0.3) is 11.7 Å². The van der Waals surface area contributed by atoms with Crippen molar-refractivity contribution in [2.24, 2.45) is 0 Å². The fraction of sp³-hybridized carbons (Fsp3) is 0.333. The zero-order chi connectivity index (χ0) is 24.7. The first-order valence-electron chi connectivity index (χ1n) is 11.5. The monoisotopic (exact) mass is 466 g/mol. The SMILES string of the molecule is C=CCOc1cccc(C2/C(=C(/O)c3ccc(F)cc3)C(=O)C(=O)N2CCCN(CC)CC)c1. The van der Waals surface area contributed by atoms with Gasteiger partial charge in [-0.3, -0.25) is 9.59 Å². The molecule has 1 aliphatic rings. The Morgan fingerprint density at radius 1 is 1.18 bits per heavy atom. The van der Waals surface area contributed by atoms with Gasteiger partial charge in [0, 0.05) is 12.1 Å². The van der Waals surface area contributed by atoms with Gasteiger partial charge in [-0.15, -0.1) is 0 Å². The second-order valence-electron chi connectivity index (χ2n) is 8.05. The average molecular weight is 467 g/mol. The van der Waals surface area contributed by atoms with Gasteiger partial charge in [-0.05, 0) is 68.0 Å². The van der Waals surface area contributed by atoms with Crippen LogP contribution in [0.15, 0.2) is 66.8 Å². The molecule has 1 atom stereocenters. The summed E-state index contributed by atoms with van der Waals surface area (Å²) in [7, 11) is 0. The Morgan fingerprint density at radius 3 is 2.53 bits per heavy atom. The summed E-state index contributed by atoms with van der Waals surface area (Å²) in [6.07, 6.45) is 2.30. The van der Waals surface area contributed by atoms with Crippen molar-refractivity contribution >= 4 is 17.4 Å². The van der Waals surface area contributed by atoms with Crippen LogP contribution in [0.1, 0.15) is 37.4 Å². The molecular weight excluding hydrogens is 435 g/mol. The highest BCUT2D eigenvalue weighted by atomic mass is 19.1. The second-order valence-corrected chi connectivity index (χ2v) is 8.05. The summed E-state index contributed by atoms with van der Waals surface area (Å²) in [6.45, 7) is 11.0. The molecule has 34 heavy (non-hydrogen) atoms. The molecule has 0 bridgehead atoms. The van der Waals surface area contributed by atoms with Crippen LogP contribution < -0.4 is 4.74 Å². The lowest BCUT2D eigenvalue weighted by molar-refractivity contribution is -0.140. The molecule has 3 rings (SSSR count). The van der Waals surface area contributed by atoms with Gasteiger partial charge in [0.05, 0.1) is 11.6 Å². The number of likely N-dealkylation sites (tertiary alicyclic amines) is 1. The summed E-state index contributed by atoms with van der Waals surface area (Å²) in [4.78, 5) is 29.9. The van der Waals surface area contributed by atoms with Crippen molar-refractivity contribution in [1.82, 2.24) is 9.80 Å². The van der Waals surface area contributed by atoms with E-state index in [0.717, 1.165) is 19.6 Å². The highest BCUT2D eigenvalue weighted by Gasteiger charge is 2.45. The maximum atomic E-state index is 13.4. The first-order valence-corrected chi connectivity index (χ1v) is 11.5. The molecule has 0 radical (unpaired) electrons. The summed E-state index contributed by atoms with van der Waals surface area (Å²) < 4.78 is 19.1. The Balaban J connectivity index is 2.04. The van der Waals surface area contributed by atoms with E-state index in [-0.39, 0.29) is 16.9 Å². The number of carbonyl (C=O) groups excluding carboxylic acids is 2. The van der Waals surface area contributed by atoms with E-state index < -0.39 is 23.5 Å². The standard InChI is InChI=1S/C27H31FN2O4/c1-4-17-34-22-10-7-9-20(18-22)24-23(25(31)19-11-13-21(28)14-12-19)26(32)27(33)30(24)16-8-15-29(5-2)6-3/h4,7,9-14,18,24,31H,1,5-6,8,15-17H2,2-3H3/b25-23-. The first kappa shape index (κ1) is 25.2. The molecule has 2 aromatic carbocycles. The van der Waals surface area contributed by atoms with Gasteiger partial charge in [0.15, 0.2) is 0 Å². The van der Waals surface area contributed by atoms with E-state index in [1.807, 2.05) is 0 Å². The van der Waals surface area contributed by atoms with Crippen molar-refractivity contribution in [3.8, 4) is 5.75 Å². The number of nitrogens with zero attached hydrogens (tertiary/aromatic N) is 2. The van der Waals surface area contributed by atoms with E-state index in [1.54, 1.807) is 30.3 Å². The third-order valence-electron chi connectivity index (χ3n) is 5.97. The van der Waals surface area contributed by atoms with E-state index in [4.69, 9.17) is 4.74 Å². The summed E-state index contributed by atoms with van der Waals surface area (Å²) in [5.74, 6) is -1.64.